The van der Waals surface area contributed by atoms with Crippen molar-refractivity contribution in [3.05, 3.63) is 24.3 Å². The van der Waals surface area contributed by atoms with Gasteiger partial charge in [-0.3, -0.25) is 0 Å². The molecule has 0 aromatic carbocycles. The number of rotatable bonds is 0. The first-order valence-electron chi connectivity index (χ1n) is 3.17. The third-order valence-corrected chi connectivity index (χ3v) is 2.28. The SMILES string of the molecule is C[C@@]12C=CC=CC1C2. The molecule has 2 aliphatic rings. The van der Waals surface area contributed by atoms with Crippen molar-refractivity contribution in [1.82, 2.24) is 0 Å². The van der Waals surface area contributed by atoms with Crippen LogP contribution in [0.25, 0.3) is 0 Å². The molecule has 0 radical (unpaired) electrons. The Morgan fingerprint density at radius 1 is 1.50 bits per heavy atom. The number of fused-ring (bicyclic) bond motifs is 1. The zero-order valence-corrected chi connectivity index (χ0v) is 5.09. The lowest BCUT2D eigenvalue weighted by Gasteiger charge is -2.02. The molecule has 0 heterocycles. The molecule has 42 valence electrons. The van der Waals surface area contributed by atoms with Crippen molar-refractivity contribution in [2.45, 2.75) is 13.3 Å². The fraction of sp³-hybridized carbons (Fsp3) is 0.500. The van der Waals surface area contributed by atoms with Crippen molar-refractivity contribution in [2.24, 2.45) is 11.3 Å². The second-order valence-corrected chi connectivity index (χ2v) is 3.06. The highest BCUT2D eigenvalue weighted by atomic mass is 14.5. The Bertz CT molecular complexity index is 165. The Labute approximate surface area is 49.9 Å². The Kier molecular flexibility index (Phi) is 0.585. The number of hydrogen-bond acceptors (Lipinski definition) is 0. The zero-order valence-electron chi connectivity index (χ0n) is 5.09. The van der Waals surface area contributed by atoms with Gasteiger partial charge in [0, 0.05) is 0 Å². The molecule has 2 rings (SSSR count). The summed E-state index contributed by atoms with van der Waals surface area (Å²) in [5.41, 5.74) is 0.578. The molecule has 0 bridgehead atoms. The van der Waals surface area contributed by atoms with Crippen LogP contribution < -0.4 is 0 Å². The van der Waals surface area contributed by atoms with E-state index in [1.54, 1.807) is 0 Å². The third kappa shape index (κ3) is 0.405. The van der Waals surface area contributed by atoms with E-state index in [2.05, 4.69) is 31.2 Å². The maximum atomic E-state index is 2.32. The molecule has 0 aliphatic heterocycles. The Morgan fingerprint density at radius 2 is 2.38 bits per heavy atom. The van der Waals surface area contributed by atoms with E-state index in [1.807, 2.05) is 0 Å². The molecule has 0 N–H and O–H groups in total. The first-order valence-corrected chi connectivity index (χ1v) is 3.17. The van der Waals surface area contributed by atoms with E-state index in [0.29, 0.717) is 5.41 Å². The smallest absolute Gasteiger partial charge is 0.00743 e. The van der Waals surface area contributed by atoms with Gasteiger partial charge in [-0.15, -0.1) is 0 Å². The Morgan fingerprint density at radius 3 is 2.88 bits per heavy atom. The zero-order chi connectivity index (χ0) is 5.61. The molecule has 2 aliphatic carbocycles. The van der Waals surface area contributed by atoms with Crippen LogP contribution in [0.5, 0.6) is 0 Å². The monoisotopic (exact) mass is 106 g/mol. The van der Waals surface area contributed by atoms with Gasteiger partial charge in [0.2, 0.25) is 0 Å². The van der Waals surface area contributed by atoms with Gasteiger partial charge in [-0.25, -0.2) is 0 Å². The van der Waals surface area contributed by atoms with Gasteiger partial charge in [-0.2, -0.15) is 0 Å². The minimum absolute atomic E-state index is 0.578. The molecule has 8 heavy (non-hydrogen) atoms. The second-order valence-electron chi connectivity index (χ2n) is 3.06. The summed E-state index contributed by atoms with van der Waals surface area (Å²) in [7, 11) is 0. The quantitative estimate of drug-likeness (QED) is 0.444. The molecule has 0 nitrogen and oxygen atoms in total. The molecular formula is C8H10. The average molecular weight is 106 g/mol. The van der Waals surface area contributed by atoms with Crippen molar-refractivity contribution >= 4 is 0 Å². The maximum absolute atomic E-state index is 2.32. The lowest BCUT2D eigenvalue weighted by atomic mass is 10.0. The standard InChI is InChI=1S/C8H10/c1-8-5-3-2-4-7(8)6-8/h2-5,7H,6H2,1H3/t7?,8-/m0/s1. The van der Waals surface area contributed by atoms with E-state index in [4.69, 9.17) is 0 Å². The fourth-order valence-electron chi connectivity index (χ4n) is 1.37. The van der Waals surface area contributed by atoms with Crippen LogP contribution in [-0.2, 0) is 0 Å². The van der Waals surface area contributed by atoms with Gasteiger partial charge < -0.3 is 0 Å². The molecule has 1 unspecified atom stereocenters. The molecule has 0 heteroatoms. The lowest BCUT2D eigenvalue weighted by molar-refractivity contribution is 0.690. The van der Waals surface area contributed by atoms with Crippen LogP contribution in [0, 0.1) is 11.3 Å². The first-order chi connectivity index (χ1) is 3.81. The number of hydrogen-bond donors (Lipinski definition) is 0. The van der Waals surface area contributed by atoms with Crippen LogP contribution in [0.4, 0.5) is 0 Å². The number of allylic oxidation sites excluding steroid dienone is 4. The fourth-order valence-corrected chi connectivity index (χ4v) is 1.37. The van der Waals surface area contributed by atoms with Crippen molar-refractivity contribution < 1.29 is 0 Å². The molecule has 1 fully saturated rings. The summed E-state index contributed by atoms with van der Waals surface area (Å²) in [6.07, 6.45) is 10.3. The molecule has 0 spiro atoms. The van der Waals surface area contributed by atoms with Crippen LogP contribution in [0.2, 0.25) is 0 Å². The van der Waals surface area contributed by atoms with E-state index in [9.17, 15) is 0 Å². The maximum Gasteiger partial charge on any atom is -0.00743 e. The van der Waals surface area contributed by atoms with Gasteiger partial charge in [0.25, 0.3) is 0 Å². The van der Waals surface area contributed by atoms with E-state index in [-0.39, 0.29) is 0 Å². The summed E-state index contributed by atoms with van der Waals surface area (Å²) in [5, 5.41) is 0. The third-order valence-electron chi connectivity index (χ3n) is 2.28. The molecule has 0 amide bonds. The topological polar surface area (TPSA) is 0 Å². The normalized spacial score (nSPS) is 48.9. The molecular weight excluding hydrogens is 96.1 g/mol. The summed E-state index contributed by atoms with van der Waals surface area (Å²) < 4.78 is 0. The van der Waals surface area contributed by atoms with E-state index >= 15 is 0 Å². The van der Waals surface area contributed by atoms with E-state index in [1.165, 1.54) is 6.42 Å². The van der Waals surface area contributed by atoms with Crippen molar-refractivity contribution in [3.63, 3.8) is 0 Å². The van der Waals surface area contributed by atoms with Gasteiger partial charge >= 0.3 is 0 Å². The van der Waals surface area contributed by atoms with Gasteiger partial charge in [-0.1, -0.05) is 31.2 Å². The predicted octanol–water partition coefficient (Wildman–Crippen LogP) is 2.14. The van der Waals surface area contributed by atoms with Crippen LogP contribution in [0.1, 0.15) is 13.3 Å². The van der Waals surface area contributed by atoms with Crippen LogP contribution in [0.15, 0.2) is 24.3 Å². The predicted molar refractivity (Wildman–Crippen MR) is 34.5 cm³/mol. The van der Waals surface area contributed by atoms with Crippen molar-refractivity contribution in [2.75, 3.05) is 0 Å². The summed E-state index contributed by atoms with van der Waals surface area (Å²) in [5.74, 6) is 0.882. The van der Waals surface area contributed by atoms with Gasteiger partial charge in [0.15, 0.2) is 0 Å². The molecule has 2 atom stereocenters. The minimum Gasteiger partial charge on any atom is -0.0805 e. The van der Waals surface area contributed by atoms with E-state index < -0.39 is 0 Å². The largest absolute Gasteiger partial charge is 0.0805 e. The lowest BCUT2D eigenvalue weighted by Crippen LogP contribution is -1.91. The van der Waals surface area contributed by atoms with E-state index in [0.717, 1.165) is 5.92 Å². The molecule has 0 saturated heterocycles. The summed E-state index contributed by atoms with van der Waals surface area (Å²) in [4.78, 5) is 0. The molecule has 0 aromatic rings. The van der Waals surface area contributed by atoms with Crippen LogP contribution in [0.3, 0.4) is 0 Å². The van der Waals surface area contributed by atoms with Gasteiger partial charge in [0.05, 0.1) is 0 Å². The minimum atomic E-state index is 0.578. The molecule has 1 saturated carbocycles. The highest BCUT2D eigenvalue weighted by Gasteiger charge is 2.46. The Balaban J connectivity index is 2.33. The van der Waals surface area contributed by atoms with Crippen LogP contribution in [-0.4, -0.2) is 0 Å². The summed E-state index contributed by atoms with van der Waals surface area (Å²) in [6, 6.07) is 0. The first kappa shape index (κ1) is 4.37. The average Bonchev–Trinajstić information content (AvgIpc) is 2.39. The van der Waals surface area contributed by atoms with Gasteiger partial charge in [-0.05, 0) is 17.8 Å². The Hall–Kier alpha value is -0.520. The second kappa shape index (κ2) is 1.07. The summed E-state index contributed by atoms with van der Waals surface area (Å²) in [6.45, 7) is 2.32. The summed E-state index contributed by atoms with van der Waals surface area (Å²) >= 11 is 0. The van der Waals surface area contributed by atoms with Crippen molar-refractivity contribution in [1.29, 1.82) is 0 Å². The highest BCUT2D eigenvalue weighted by molar-refractivity contribution is 5.27. The van der Waals surface area contributed by atoms with Crippen LogP contribution >= 0.6 is 0 Å². The highest BCUT2D eigenvalue weighted by Crippen LogP contribution is 2.55. The van der Waals surface area contributed by atoms with Gasteiger partial charge in [0.1, 0.15) is 0 Å². The molecule has 0 aromatic heterocycles. The van der Waals surface area contributed by atoms with Crippen molar-refractivity contribution in [3.8, 4) is 0 Å².